The van der Waals surface area contributed by atoms with Crippen molar-refractivity contribution in [2.24, 2.45) is 5.41 Å². The molecule has 2 aliphatic rings. The molecule has 0 aromatic heterocycles. The van der Waals surface area contributed by atoms with Gasteiger partial charge in [-0.1, -0.05) is 45.0 Å². The van der Waals surface area contributed by atoms with Gasteiger partial charge in [0, 0.05) is 45.4 Å². The van der Waals surface area contributed by atoms with E-state index < -0.39 is 0 Å². The summed E-state index contributed by atoms with van der Waals surface area (Å²) in [5, 5.41) is 3.35. The molecular formula is C23H37N3O2. The molecule has 1 aromatic carbocycles. The summed E-state index contributed by atoms with van der Waals surface area (Å²) in [6.07, 6.45) is 3.33. The molecule has 156 valence electrons. The number of nitrogens with zero attached hydrogens (tertiary/aromatic N) is 2. The van der Waals surface area contributed by atoms with Crippen LogP contribution in [-0.2, 0) is 17.7 Å². The van der Waals surface area contributed by atoms with Crippen molar-refractivity contribution in [3.8, 4) is 0 Å². The number of hydrogen-bond acceptors (Lipinski definition) is 3. The Labute approximate surface area is 170 Å². The van der Waals surface area contributed by atoms with Crippen LogP contribution in [0.1, 0.15) is 51.7 Å². The molecule has 28 heavy (non-hydrogen) atoms. The highest BCUT2D eigenvalue weighted by Crippen LogP contribution is 2.24. The maximum absolute atomic E-state index is 13.0. The lowest BCUT2D eigenvalue weighted by molar-refractivity contribution is 0.0152. The Hall–Kier alpha value is -1.59. The van der Waals surface area contributed by atoms with Crippen LogP contribution in [0.15, 0.2) is 24.3 Å². The van der Waals surface area contributed by atoms with Crippen LogP contribution in [0, 0.1) is 5.41 Å². The Morgan fingerprint density at radius 1 is 1.25 bits per heavy atom. The minimum atomic E-state index is 0.00172. The normalized spacial score (nSPS) is 21.9. The van der Waals surface area contributed by atoms with Crippen molar-refractivity contribution >= 4 is 6.03 Å². The number of amides is 2. The lowest BCUT2D eigenvalue weighted by atomic mass is 9.86. The first-order valence-corrected chi connectivity index (χ1v) is 10.8. The van der Waals surface area contributed by atoms with Crippen LogP contribution in [0.5, 0.6) is 0 Å². The van der Waals surface area contributed by atoms with E-state index >= 15 is 0 Å². The Morgan fingerprint density at radius 3 is 2.71 bits per heavy atom. The van der Waals surface area contributed by atoms with E-state index in [4.69, 9.17) is 4.74 Å². The van der Waals surface area contributed by atoms with Crippen LogP contribution < -0.4 is 5.32 Å². The molecule has 2 atom stereocenters. The minimum Gasteiger partial charge on any atom is -0.377 e. The van der Waals surface area contributed by atoms with Crippen molar-refractivity contribution in [2.75, 3.05) is 32.8 Å². The third kappa shape index (κ3) is 5.48. The predicted molar refractivity (Wildman–Crippen MR) is 113 cm³/mol. The monoisotopic (exact) mass is 387 g/mol. The molecule has 0 aliphatic carbocycles. The number of nitrogens with one attached hydrogen (secondary N) is 1. The molecule has 2 heterocycles. The third-order valence-electron chi connectivity index (χ3n) is 6.06. The molecular weight excluding hydrogens is 350 g/mol. The number of piperidine rings is 1. The van der Waals surface area contributed by atoms with Crippen molar-refractivity contribution < 1.29 is 9.53 Å². The van der Waals surface area contributed by atoms with Gasteiger partial charge in [-0.25, -0.2) is 4.79 Å². The summed E-state index contributed by atoms with van der Waals surface area (Å²) in [4.78, 5) is 17.4. The van der Waals surface area contributed by atoms with Gasteiger partial charge in [-0.05, 0) is 42.7 Å². The molecule has 0 unspecified atom stereocenters. The van der Waals surface area contributed by atoms with E-state index in [2.05, 4.69) is 55.3 Å². The van der Waals surface area contributed by atoms with Gasteiger partial charge in [0.05, 0.1) is 6.10 Å². The fourth-order valence-corrected chi connectivity index (χ4v) is 4.24. The van der Waals surface area contributed by atoms with Crippen molar-refractivity contribution in [1.29, 1.82) is 0 Å². The molecule has 0 bridgehead atoms. The van der Waals surface area contributed by atoms with Crippen LogP contribution in [0.25, 0.3) is 0 Å². The van der Waals surface area contributed by atoms with Crippen molar-refractivity contribution in [2.45, 2.75) is 65.6 Å². The standard InChI is InChI=1S/C23H37N3O2/c1-5-28-20-11-8-13-26(16-20)22(27)24-21(23(2,3)4)17-25-14-12-18-9-6-7-10-19(18)15-25/h6-7,9-10,20-21H,5,8,11-17H2,1-4H3,(H,24,27)/t20-,21-/m1/s1. The summed E-state index contributed by atoms with van der Waals surface area (Å²) in [5.41, 5.74) is 2.88. The number of rotatable bonds is 5. The average molecular weight is 388 g/mol. The van der Waals surface area contributed by atoms with Gasteiger partial charge in [0.2, 0.25) is 0 Å². The van der Waals surface area contributed by atoms with E-state index in [1.165, 1.54) is 11.1 Å². The lowest BCUT2D eigenvalue weighted by Gasteiger charge is -2.40. The van der Waals surface area contributed by atoms with E-state index in [1.807, 2.05) is 11.8 Å². The number of ether oxygens (including phenoxy) is 1. The zero-order valence-electron chi connectivity index (χ0n) is 18.0. The SMILES string of the molecule is CCO[C@@H]1CCCN(C(=O)N[C@H](CN2CCc3ccccc3C2)C(C)(C)C)C1. The zero-order chi connectivity index (χ0) is 20.1. The van der Waals surface area contributed by atoms with E-state index in [9.17, 15) is 4.79 Å². The maximum atomic E-state index is 13.0. The van der Waals surface area contributed by atoms with Gasteiger partial charge in [0.1, 0.15) is 0 Å². The van der Waals surface area contributed by atoms with E-state index in [-0.39, 0.29) is 23.6 Å². The quantitative estimate of drug-likeness (QED) is 0.838. The number of urea groups is 1. The van der Waals surface area contributed by atoms with Gasteiger partial charge in [-0.3, -0.25) is 4.90 Å². The maximum Gasteiger partial charge on any atom is 0.317 e. The fourth-order valence-electron chi connectivity index (χ4n) is 4.24. The summed E-state index contributed by atoms with van der Waals surface area (Å²) in [7, 11) is 0. The van der Waals surface area contributed by atoms with E-state index in [0.29, 0.717) is 13.2 Å². The van der Waals surface area contributed by atoms with Crippen molar-refractivity contribution in [3.05, 3.63) is 35.4 Å². The number of likely N-dealkylation sites (tertiary alicyclic amines) is 1. The third-order valence-corrected chi connectivity index (χ3v) is 6.06. The van der Waals surface area contributed by atoms with Crippen LogP contribution in [0.2, 0.25) is 0 Å². The molecule has 1 saturated heterocycles. The van der Waals surface area contributed by atoms with Crippen LogP contribution in [0.3, 0.4) is 0 Å². The summed E-state index contributed by atoms with van der Waals surface area (Å²) < 4.78 is 5.76. The number of hydrogen-bond donors (Lipinski definition) is 1. The average Bonchev–Trinajstić information content (AvgIpc) is 2.67. The number of carbonyl (C=O) groups excluding carboxylic acids is 1. The number of carbonyl (C=O) groups is 1. The van der Waals surface area contributed by atoms with Gasteiger partial charge in [-0.15, -0.1) is 0 Å². The lowest BCUT2D eigenvalue weighted by Crippen LogP contribution is -2.56. The first kappa shape index (κ1) is 21.1. The van der Waals surface area contributed by atoms with Crippen LogP contribution >= 0.6 is 0 Å². The second-order valence-electron chi connectivity index (χ2n) is 9.29. The minimum absolute atomic E-state index is 0.00172. The largest absolute Gasteiger partial charge is 0.377 e. The van der Waals surface area contributed by atoms with E-state index in [1.54, 1.807) is 0 Å². The second kappa shape index (κ2) is 9.27. The Bertz CT molecular complexity index is 653. The van der Waals surface area contributed by atoms with Crippen LogP contribution in [-0.4, -0.2) is 60.8 Å². The highest BCUT2D eigenvalue weighted by molar-refractivity contribution is 5.74. The molecule has 1 N–H and O–H groups in total. The first-order valence-electron chi connectivity index (χ1n) is 10.8. The Balaban J connectivity index is 1.61. The van der Waals surface area contributed by atoms with Crippen molar-refractivity contribution in [1.82, 2.24) is 15.1 Å². The van der Waals surface area contributed by atoms with Crippen molar-refractivity contribution in [3.63, 3.8) is 0 Å². The molecule has 5 heteroatoms. The second-order valence-corrected chi connectivity index (χ2v) is 9.29. The molecule has 0 spiro atoms. The molecule has 2 amide bonds. The van der Waals surface area contributed by atoms with Gasteiger partial charge in [-0.2, -0.15) is 0 Å². The molecule has 3 rings (SSSR count). The van der Waals surface area contributed by atoms with Gasteiger partial charge < -0.3 is 15.0 Å². The highest BCUT2D eigenvalue weighted by atomic mass is 16.5. The smallest absolute Gasteiger partial charge is 0.317 e. The zero-order valence-corrected chi connectivity index (χ0v) is 18.0. The summed E-state index contributed by atoms with van der Waals surface area (Å²) in [6, 6.07) is 8.88. The number of benzene rings is 1. The topological polar surface area (TPSA) is 44.8 Å². The van der Waals surface area contributed by atoms with Gasteiger partial charge in [0.25, 0.3) is 0 Å². The highest BCUT2D eigenvalue weighted by Gasteiger charge is 2.32. The molecule has 0 radical (unpaired) electrons. The molecule has 1 fully saturated rings. The Morgan fingerprint density at radius 2 is 2.00 bits per heavy atom. The molecule has 1 aromatic rings. The summed E-state index contributed by atoms with van der Waals surface area (Å²) >= 11 is 0. The van der Waals surface area contributed by atoms with E-state index in [0.717, 1.165) is 45.4 Å². The summed E-state index contributed by atoms with van der Waals surface area (Å²) in [6.45, 7) is 13.8. The number of fused-ring (bicyclic) bond motifs is 1. The molecule has 0 saturated carbocycles. The van der Waals surface area contributed by atoms with Crippen LogP contribution in [0.4, 0.5) is 4.79 Å². The first-order chi connectivity index (χ1) is 13.4. The molecule has 5 nitrogen and oxygen atoms in total. The fraction of sp³-hybridized carbons (Fsp3) is 0.696. The summed E-state index contributed by atoms with van der Waals surface area (Å²) in [5.74, 6) is 0. The Kier molecular flexibility index (Phi) is 7.00. The van der Waals surface area contributed by atoms with Gasteiger partial charge >= 0.3 is 6.03 Å². The molecule has 2 aliphatic heterocycles. The predicted octanol–water partition coefficient (Wildman–Crippen LogP) is 3.67. The van der Waals surface area contributed by atoms with Gasteiger partial charge in [0.15, 0.2) is 0 Å².